The number of hydrogen-bond acceptors (Lipinski definition) is 8. The third-order valence-electron chi connectivity index (χ3n) is 12.2. The third-order valence-corrected chi connectivity index (χ3v) is 12.2. The quantitative estimate of drug-likeness (QED) is 0.148. The van der Waals surface area contributed by atoms with Gasteiger partial charge in [-0.15, -0.1) is 0 Å². The van der Waals surface area contributed by atoms with Crippen LogP contribution in [0.5, 0.6) is 5.75 Å². The van der Waals surface area contributed by atoms with Gasteiger partial charge in [-0.3, -0.25) is 9.69 Å². The first-order chi connectivity index (χ1) is 27.8. The molecule has 3 fully saturated rings. The molecule has 13 heteroatoms. The van der Waals surface area contributed by atoms with Crippen LogP contribution in [0.3, 0.4) is 0 Å². The number of hydrogen-bond donors (Lipinski definition) is 3. The monoisotopic (exact) mass is 785 g/mol. The highest BCUT2D eigenvalue weighted by molar-refractivity contribution is 5.87. The topological polar surface area (TPSA) is 155 Å². The summed E-state index contributed by atoms with van der Waals surface area (Å²) in [6.07, 6.45) is 5.65. The number of alkyl carbamates (subject to hydrolysis) is 1. The number of carbonyl (C=O) groups excluding carboxylic acids is 3. The van der Waals surface area contributed by atoms with Crippen LogP contribution in [-0.4, -0.2) is 79.2 Å². The van der Waals surface area contributed by atoms with Crippen LogP contribution >= 0.6 is 0 Å². The molecule has 5 heterocycles. The van der Waals surface area contributed by atoms with Crippen molar-refractivity contribution in [2.75, 3.05) is 13.7 Å². The summed E-state index contributed by atoms with van der Waals surface area (Å²) in [7, 11) is 1.30. The normalized spacial score (nSPS) is 21.5. The number of methoxy groups -OCH3 is 1. The van der Waals surface area contributed by atoms with Crippen LogP contribution < -0.4 is 10.1 Å². The van der Waals surface area contributed by atoms with Crippen LogP contribution in [0.25, 0.3) is 44.5 Å². The molecule has 3 amide bonds. The number of carbonyl (C=O) groups is 3. The Morgan fingerprint density at radius 2 is 1.71 bits per heavy atom. The maximum atomic E-state index is 13.6. The number of nitrogens with zero attached hydrogens (tertiary/aromatic N) is 4. The standard InChI is InChI=1S/C45H51N7O6/c1-24(2)38(50-43(54)56-6)42(53)51-17-7-8-36(51)40-46-22-35(49-40)27-11-14-31-29(18-27)23-57-37-21-26(10-15-32(31)37)25-12-16-33-34(20-25)48-41(47-33)39-28-9-13-30(19-28)52(39)44(55)58-45(3,4)5/h10-12,14-16,18,20-22,24,28,30,36,38-39H,7-9,13,17,19,23H2,1-6H3,(H,46,49)(H,47,48)(H,50,54)/t28?,30-,36-,38-,39+/m0/s1. The van der Waals surface area contributed by atoms with E-state index in [0.717, 1.165) is 99.6 Å². The molecule has 3 N–H and O–H groups in total. The number of nitrogens with one attached hydrogen (secondary N) is 3. The molecule has 5 aromatic rings. The lowest BCUT2D eigenvalue weighted by molar-refractivity contribution is -0.135. The van der Waals surface area contributed by atoms with Gasteiger partial charge in [0.2, 0.25) is 5.91 Å². The molecule has 4 aliphatic rings. The van der Waals surface area contributed by atoms with E-state index < -0.39 is 17.7 Å². The first kappa shape index (κ1) is 37.7. The first-order valence-electron chi connectivity index (χ1n) is 20.5. The molecule has 2 aromatic heterocycles. The van der Waals surface area contributed by atoms with Gasteiger partial charge in [-0.05, 0) is 117 Å². The number of likely N-dealkylation sites (tertiary alicyclic amines) is 2. The Balaban J connectivity index is 0.921. The molecule has 13 nitrogen and oxygen atoms in total. The Morgan fingerprint density at radius 3 is 2.50 bits per heavy atom. The van der Waals surface area contributed by atoms with Crippen molar-refractivity contribution in [1.29, 1.82) is 0 Å². The Kier molecular flexibility index (Phi) is 9.44. The largest absolute Gasteiger partial charge is 0.488 e. The lowest BCUT2D eigenvalue weighted by Crippen LogP contribution is -2.51. The number of aromatic nitrogens is 4. The summed E-state index contributed by atoms with van der Waals surface area (Å²) in [5.74, 6) is 2.51. The minimum Gasteiger partial charge on any atom is -0.488 e. The highest BCUT2D eigenvalue weighted by atomic mass is 16.6. The van der Waals surface area contributed by atoms with Crippen LogP contribution in [0, 0.1) is 11.8 Å². The maximum Gasteiger partial charge on any atom is 0.411 e. The fourth-order valence-corrected chi connectivity index (χ4v) is 9.45. The minimum absolute atomic E-state index is 0.104. The first-order valence-corrected chi connectivity index (χ1v) is 20.5. The van der Waals surface area contributed by atoms with E-state index in [1.807, 2.05) is 56.7 Å². The van der Waals surface area contributed by atoms with Crippen molar-refractivity contribution in [3.63, 3.8) is 0 Å². The third kappa shape index (κ3) is 6.83. The van der Waals surface area contributed by atoms with Gasteiger partial charge in [0.15, 0.2) is 0 Å². The van der Waals surface area contributed by atoms with Crippen molar-refractivity contribution in [3.05, 3.63) is 78.0 Å². The van der Waals surface area contributed by atoms with E-state index in [0.29, 0.717) is 19.1 Å². The molecule has 1 saturated carbocycles. The van der Waals surface area contributed by atoms with Crippen LogP contribution in [0.2, 0.25) is 0 Å². The van der Waals surface area contributed by atoms with Crippen molar-refractivity contribution < 1.29 is 28.6 Å². The van der Waals surface area contributed by atoms with Gasteiger partial charge in [0.05, 0.1) is 42.1 Å². The molecule has 0 spiro atoms. The summed E-state index contributed by atoms with van der Waals surface area (Å²) >= 11 is 0. The second-order valence-electron chi connectivity index (χ2n) is 17.5. The van der Waals surface area contributed by atoms with E-state index in [9.17, 15) is 14.4 Å². The van der Waals surface area contributed by atoms with Crippen LogP contribution in [0.15, 0.2) is 60.8 Å². The zero-order valence-electron chi connectivity index (χ0n) is 33.9. The zero-order chi connectivity index (χ0) is 40.5. The van der Waals surface area contributed by atoms with Gasteiger partial charge in [0, 0.05) is 18.2 Å². The van der Waals surface area contributed by atoms with E-state index in [-0.39, 0.29) is 36.0 Å². The molecule has 3 aliphatic heterocycles. The smallest absolute Gasteiger partial charge is 0.411 e. The molecular weight excluding hydrogens is 735 g/mol. The molecule has 302 valence electrons. The Hall–Kier alpha value is -5.85. The molecule has 58 heavy (non-hydrogen) atoms. The molecule has 3 aromatic carbocycles. The number of amides is 3. The van der Waals surface area contributed by atoms with E-state index in [4.69, 9.17) is 24.2 Å². The fourth-order valence-electron chi connectivity index (χ4n) is 9.45. The van der Waals surface area contributed by atoms with Crippen molar-refractivity contribution >= 4 is 29.1 Å². The van der Waals surface area contributed by atoms with Crippen molar-refractivity contribution in [2.45, 2.75) is 103 Å². The van der Waals surface area contributed by atoms with Crippen LogP contribution in [0.4, 0.5) is 9.59 Å². The number of rotatable bonds is 7. The maximum absolute atomic E-state index is 13.6. The average molecular weight is 786 g/mol. The van der Waals surface area contributed by atoms with E-state index in [1.165, 1.54) is 7.11 Å². The summed E-state index contributed by atoms with van der Waals surface area (Å²) in [5.41, 5.74) is 8.40. The van der Waals surface area contributed by atoms with Gasteiger partial charge >= 0.3 is 12.2 Å². The fraction of sp³-hybridized carbons (Fsp3) is 0.444. The number of benzene rings is 3. The van der Waals surface area contributed by atoms with Crippen LogP contribution in [-0.2, 0) is 20.9 Å². The van der Waals surface area contributed by atoms with E-state index >= 15 is 0 Å². The molecule has 0 radical (unpaired) electrons. The van der Waals surface area contributed by atoms with Crippen molar-refractivity contribution in [3.8, 4) is 39.3 Å². The predicted molar refractivity (Wildman–Crippen MR) is 219 cm³/mol. The number of H-pyrrole nitrogens is 2. The van der Waals surface area contributed by atoms with Gasteiger partial charge in [0.1, 0.15) is 35.6 Å². The molecule has 5 atom stereocenters. The molecule has 9 rings (SSSR count). The van der Waals surface area contributed by atoms with Gasteiger partial charge in [-0.1, -0.05) is 44.2 Å². The number of fused-ring (bicyclic) bond motifs is 6. The Bertz CT molecular complexity index is 2410. The summed E-state index contributed by atoms with van der Waals surface area (Å²) < 4.78 is 17.0. The van der Waals surface area contributed by atoms with Crippen molar-refractivity contribution in [1.82, 2.24) is 35.1 Å². The van der Waals surface area contributed by atoms with E-state index in [2.05, 4.69) is 63.8 Å². The summed E-state index contributed by atoms with van der Waals surface area (Å²) in [6.45, 7) is 10.6. The van der Waals surface area contributed by atoms with Gasteiger partial charge in [-0.2, -0.15) is 0 Å². The minimum atomic E-state index is -0.688. The number of piperidine rings is 1. The SMILES string of the molecule is COC(=O)N[C@H](C(=O)N1CCC[C@H]1c1ncc(-c2ccc3c(c2)COc2cc(-c4ccc5nc([C@H]6C7CC[C@@H](C7)N6C(=O)OC(C)(C)C)[nH]c5c4)ccc2-3)[nH]1)C(C)C. The molecule has 1 unspecified atom stereocenters. The molecule has 2 saturated heterocycles. The summed E-state index contributed by atoms with van der Waals surface area (Å²) in [5, 5.41) is 2.71. The molecule has 1 aliphatic carbocycles. The average Bonchev–Trinajstić information content (AvgIpc) is 4.06. The zero-order valence-corrected chi connectivity index (χ0v) is 33.9. The molecular formula is C45H51N7O6. The number of imidazole rings is 2. The highest BCUT2D eigenvalue weighted by Crippen LogP contribution is 2.50. The molecule has 2 bridgehead atoms. The predicted octanol–water partition coefficient (Wildman–Crippen LogP) is 8.68. The second-order valence-corrected chi connectivity index (χ2v) is 17.5. The van der Waals surface area contributed by atoms with Gasteiger partial charge in [-0.25, -0.2) is 19.6 Å². The highest BCUT2D eigenvalue weighted by Gasteiger charge is 2.51. The van der Waals surface area contributed by atoms with Gasteiger partial charge in [0.25, 0.3) is 0 Å². The Labute approximate surface area is 337 Å². The lowest BCUT2D eigenvalue weighted by Gasteiger charge is -2.35. The summed E-state index contributed by atoms with van der Waals surface area (Å²) in [6, 6.07) is 18.2. The number of aromatic amines is 2. The summed E-state index contributed by atoms with van der Waals surface area (Å²) in [4.78, 5) is 59.5. The van der Waals surface area contributed by atoms with Gasteiger partial charge < -0.3 is 34.4 Å². The number of ether oxygens (including phenoxy) is 3. The van der Waals surface area contributed by atoms with Crippen LogP contribution in [0.1, 0.15) is 96.0 Å². The second kappa shape index (κ2) is 14.5. The van der Waals surface area contributed by atoms with E-state index in [1.54, 1.807) is 0 Å². The van der Waals surface area contributed by atoms with Crippen molar-refractivity contribution in [2.24, 2.45) is 11.8 Å². The lowest BCUT2D eigenvalue weighted by atomic mass is 9.92. The Morgan fingerprint density at radius 1 is 0.931 bits per heavy atom.